The van der Waals surface area contributed by atoms with Crippen LogP contribution in [-0.2, 0) is 20.9 Å². The number of methoxy groups -OCH3 is 1. The van der Waals surface area contributed by atoms with Crippen molar-refractivity contribution in [1.82, 2.24) is 60.7 Å². The number of carbonyl (C=O) groups is 2. The third-order valence-corrected chi connectivity index (χ3v) is 16.2. The van der Waals surface area contributed by atoms with Crippen LogP contribution in [-0.4, -0.2) is 131 Å². The monoisotopic (exact) mass is 1070 g/mol. The smallest absolute Gasteiger partial charge is 0.319 e. The molecule has 3 saturated heterocycles. The fourth-order valence-electron chi connectivity index (χ4n) is 11.7. The van der Waals surface area contributed by atoms with Crippen LogP contribution >= 0.6 is 0 Å². The van der Waals surface area contributed by atoms with Crippen LogP contribution in [0.25, 0.3) is 55.3 Å². The number of aromatic amines is 1. The highest BCUT2D eigenvalue weighted by atomic mass is 19.1. The predicted molar refractivity (Wildman–Crippen MR) is 295 cm³/mol. The second-order valence-corrected chi connectivity index (χ2v) is 21.8. The molecule has 2 amide bonds. The van der Waals surface area contributed by atoms with E-state index in [1.807, 2.05) is 69.3 Å². The van der Waals surface area contributed by atoms with E-state index in [4.69, 9.17) is 24.2 Å². The Morgan fingerprint density at radius 2 is 1.71 bits per heavy atom. The SMILES string of the molecule is CO[C@@H](C)COc1nc(N2C[C@@H]3C[C@H]2CN3)c2cc(C3CC3)c(-c3c(C)c(F)cc4[nH]ncc34)c(OCc3ccc(-c4cn([C@H](C(=O)N5CCC[C@H]5C(=O)N[C@@H](CO)c5ccc(-c6cncnc6)cc5)C(C)C)nn4)cc3)c2n1. The summed E-state index contributed by atoms with van der Waals surface area (Å²) in [5.41, 5.74) is 8.87. The lowest BCUT2D eigenvalue weighted by molar-refractivity contribution is -0.142. The van der Waals surface area contributed by atoms with Crippen LogP contribution < -0.4 is 25.0 Å². The van der Waals surface area contributed by atoms with Crippen LogP contribution in [0.3, 0.4) is 0 Å². The Morgan fingerprint density at radius 1 is 0.924 bits per heavy atom. The normalized spacial score (nSPS) is 19.2. The second-order valence-electron chi connectivity index (χ2n) is 21.8. The van der Waals surface area contributed by atoms with Crippen molar-refractivity contribution in [1.29, 1.82) is 0 Å². The summed E-state index contributed by atoms with van der Waals surface area (Å²) < 4.78 is 36.7. The van der Waals surface area contributed by atoms with Gasteiger partial charge in [0, 0.05) is 84.2 Å². The van der Waals surface area contributed by atoms with Crippen LogP contribution in [0, 0.1) is 18.7 Å². The molecule has 0 spiro atoms. The van der Waals surface area contributed by atoms with Crippen molar-refractivity contribution in [3.05, 3.63) is 120 Å². The number of anilines is 1. The van der Waals surface area contributed by atoms with Crippen molar-refractivity contribution in [2.75, 3.05) is 44.9 Å². The number of nitrogens with zero attached hydrogens (tertiary/aromatic N) is 10. The number of aromatic nitrogens is 9. The van der Waals surface area contributed by atoms with Crippen molar-refractivity contribution in [3.63, 3.8) is 0 Å². The third-order valence-electron chi connectivity index (χ3n) is 16.2. The molecule has 6 atom stereocenters. The Kier molecular flexibility index (Phi) is 14.2. The predicted octanol–water partition coefficient (Wildman–Crippen LogP) is 7.79. The van der Waals surface area contributed by atoms with E-state index in [1.54, 1.807) is 48.4 Å². The number of aliphatic hydroxyl groups is 1. The zero-order valence-electron chi connectivity index (χ0n) is 44.9. The van der Waals surface area contributed by atoms with Crippen molar-refractivity contribution in [2.24, 2.45) is 5.92 Å². The molecule has 3 aliphatic heterocycles. The number of nitrogens with one attached hydrogen (secondary N) is 3. The summed E-state index contributed by atoms with van der Waals surface area (Å²) >= 11 is 0. The summed E-state index contributed by atoms with van der Waals surface area (Å²) in [6.45, 7) is 9.76. The van der Waals surface area contributed by atoms with Gasteiger partial charge in [0.15, 0.2) is 5.75 Å². The highest BCUT2D eigenvalue weighted by molar-refractivity contribution is 6.06. The van der Waals surface area contributed by atoms with E-state index in [0.29, 0.717) is 59.0 Å². The van der Waals surface area contributed by atoms with Crippen molar-refractivity contribution >= 4 is 39.4 Å². The maximum Gasteiger partial charge on any atom is 0.319 e. The minimum atomic E-state index is -0.734. The molecule has 4 aromatic heterocycles. The molecule has 0 radical (unpaired) electrons. The van der Waals surface area contributed by atoms with Crippen LogP contribution in [0.15, 0.2) is 91.8 Å². The lowest BCUT2D eigenvalue weighted by Gasteiger charge is -2.30. The maximum absolute atomic E-state index is 16.1. The number of likely N-dealkylation sites (tertiary alicyclic amines) is 1. The van der Waals surface area contributed by atoms with Gasteiger partial charge in [-0.15, -0.1) is 5.10 Å². The third kappa shape index (κ3) is 10.1. The molecule has 2 bridgehead atoms. The first-order valence-electron chi connectivity index (χ1n) is 27.3. The van der Waals surface area contributed by atoms with Gasteiger partial charge in [0.25, 0.3) is 0 Å². The average Bonchev–Trinajstić information content (AvgIpc) is 4.29. The van der Waals surface area contributed by atoms with Gasteiger partial charge in [0.05, 0.1) is 36.7 Å². The molecule has 20 heteroatoms. The van der Waals surface area contributed by atoms with Gasteiger partial charge in [-0.2, -0.15) is 15.1 Å². The number of benzene rings is 4. The van der Waals surface area contributed by atoms with E-state index in [9.17, 15) is 14.7 Å². The zero-order valence-corrected chi connectivity index (χ0v) is 44.9. The van der Waals surface area contributed by atoms with Crippen LogP contribution in [0.5, 0.6) is 11.8 Å². The van der Waals surface area contributed by atoms with Crippen LogP contribution in [0.2, 0.25) is 0 Å². The summed E-state index contributed by atoms with van der Waals surface area (Å²) in [6, 6.07) is 17.8. The number of piperazine rings is 1. The number of fused-ring (bicyclic) bond motifs is 4. The Hall–Kier alpha value is -7.94. The molecule has 19 nitrogen and oxygen atoms in total. The van der Waals surface area contributed by atoms with Gasteiger partial charge < -0.3 is 39.8 Å². The first kappa shape index (κ1) is 51.8. The molecule has 1 saturated carbocycles. The molecule has 7 heterocycles. The molecule has 12 rings (SSSR count). The summed E-state index contributed by atoms with van der Waals surface area (Å²) in [6.07, 6.45) is 12.4. The molecule has 4 aromatic carbocycles. The summed E-state index contributed by atoms with van der Waals surface area (Å²) in [5.74, 6) is 0.427. The minimum Gasteiger partial charge on any atom is -0.486 e. The molecule has 4 fully saturated rings. The second kappa shape index (κ2) is 21.7. The number of ether oxygens (including phenoxy) is 3. The molecule has 8 aromatic rings. The van der Waals surface area contributed by atoms with Crippen molar-refractivity contribution in [3.8, 4) is 45.3 Å². The largest absolute Gasteiger partial charge is 0.486 e. The number of aliphatic hydroxyl groups excluding tert-OH is 1. The van der Waals surface area contributed by atoms with E-state index in [1.165, 1.54) is 12.4 Å². The number of H-pyrrole nitrogens is 1. The van der Waals surface area contributed by atoms with Gasteiger partial charge >= 0.3 is 6.01 Å². The first-order chi connectivity index (χ1) is 38.4. The summed E-state index contributed by atoms with van der Waals surface area (Å²) in [7, 11) is 1.64. The molecule has 0 unspecified atom stereocenters. The van der Waals surface area contributed by atoms with Gasteiger partial charge in [-0.3, -0.25) is 14.7 Å². The summed E-state index contributed by atoms with van der Waals surface area (Å²) in [5, 5.41) is 35.1. The number of rotatable bonds is 19. The molecule has 4 N–H and O–H groups in total. The highest BCUT2D eigenvalue weighted by Crippen LogP contribution is 2.53. The maximum atomic E-state index is 16.1. The molecule has 408 valence electrons. The number of carbonyl (C=O) groups excluding carboxylic acids is 2. The Labute approximate surface area is 456 Å². The number of hydrogen-bond acceptors (Lipinski definition) is 15. The van der Waals surface area contributed by atoms with Crippen molar-refractivity contribution in [2.45, 2.75) is 109 Å². The zero-order chi connectivity index (χ0) is 54.5. The Bertz CT molecular complexity index is 3540. The van der Waals surface area contributed by atoms with Crippen molar-refractivity contribution < 1.29 is 33.3 Å². The van der Waals surface area contributed by atoms with E-state index < -0.39 is 18.1 Å². The van der Waals surface area contributed by atoms with E-state index >= 15 is 4.39 Å². The molecular formula is C59H64FN13O6. The Morgan fingerprint density at radius 3 is 2.42 bits per heavy atom. The highest BCUT2D eigenvalue weighted by Gasteiger charge is 2.42. The van der Waals surface area contributed by atoms with E-state index in [0.717, 1.165) is 87.9 Å². The van der Waals surface area contributed by atoms with Gasteiger partial charge in [0.2, 0.25) is 11.8 Å². The van der Waals surface area contributed by atoms with E-state index in [-0.39, 0.29) is 67.4 Å². The van der Waals surface area contributed by atoms with Gasteiger partial charge in [0.1, 0.15) is 54.5 Å². The fourth-order valence-corrected chi connectivity index (χ4v) is 11.7. The molecule has 1 aliphatic carbocycles. The topological polar surface area (TPSA) is 224 Å². The molecular weight excluding hydrogens is 1010 g/mol. The summed E-state index contributed by atoms with van der Waals surface area (Å²) in [4.78, 5) is 51.0. The van der Waals surface area contributed by atoms with Gasteiger partial charge in [-0.05, 0) is 97.7 Å². The first-order valence-corrected chi connectivity index (χ1v) is 27.3. The fraction of sp³-hybridized carbons (Fsp3) is 0.407. The minimum absolute atomic E-state index is 0.143. The van der Waals surface area contributed by atoms with Gasteiger partial charge in [-0.1, -0.05) is 67.6 Å². The number of hydrogen-bond donors (Lipinski definition) is 4. The lowest BCUT2D eigenvalue weighted by Crippen LogP contribution is -2.50. The lowest BCUT2D eigenvalue weighted by atomic mass is 9.88. The Balaban J connectivity index is 0.819. The average molecular weight is 1070 g/mol. The number of amides is 2. The standard InChI is InChI=1S/C59H64FN13O6/c1-32(2)54(58(76)71-18-6-7-50(71)57(75)65-49(28-74)39-16-12-36(13-17-39)40-22-61-31-62-23-40)73-27-48(69-70-73)38-10-8-35(9-11-38)30-78-55-52(51-34(4)46(60)21-47-45(51)25-64-68-47)43(37-14-15-37)20-44-53(55)66-59(79-29-33(3)77-5)67-56(44)72-26-41-19-42(72)24-63-41/h8-13,16-17,20-23,25,27,31-33,37,41-42,49-50,54,63,74H,6-7,14-15,18-19,24,26,28-30H2,1-5H3,(H,64,68)(H,65,75)/t33-,41-,42-,49-,50-,54-/m0/s1. The van der Waals surface area contributed by atoms with Crippen LogP contribution in [0.4, 0.5) is 10.2 Å². The van der Waals surface area contributed by atoms with E-state index in [2.05, 4.69) is 52.1 Å². The molecule has 79 heavy (non-hydrogen) atoms. The van der Waals surface area contributed by atoms with Crippen LogP contribution in [0.1, 0.15) is 93.1 Å². The molecule has 4 aliphatic rings. The quantitative estimate of drug-likeness (QED) is 0.0607. The number of halogens is 1. The van der Waals surface area contributed by atoms with Gasteiger partial charge in [-0.25, -0.2) is 19.0 Å².